The molecule has 1 heterocycles. The summed E-state index contributed by atoms with van der Waals surface area (Å²) in [6, 6.07) is 6.48. The zero-order valence-electron chi connectivity index (χ0n) is 13.9. The summed E-state index contributed by atoms with van der Waals surface area (Å²) in [5, 5.41) is 4.30. The third kappa shape index (κ3) is 3.21. The highest BCUT2D eigenvalue weighted by atomic mass is 32.2. The Morgan fingerprint density at radius 3 is 2.79 bits per heavy atom. The number of hydrogen-bond acceptors (Lipinski definition) is 4. The number of fused-ring (bicyclic) bond motifs is 1. The van der Waals surface area contributed by atoms with Crippen molar-refractivity contribution in [2.24, 2.45) is 7.05 Å². The lowest BCUT2D eigenvalue weighted by molar-refractivity contribution is 0.0972. The molecule has 2 aromatic rings. The second-order valence-electron chi connectivity index (χ2n) is 6.10. The first-order chi connectivity index (χ1) is 11.4. The van der Waals surface area contributed by atoms with Gasteiger partial charge in [-0.25, -0.2) is 8.42 Å². The number of Topliss-reactive ketones (excluding diaryl/α,β-unsaturated/α-hetero) is 1. The number of rotatable bonds is 5. The molecule has 24 heavy (non-hydrogen) atoms. The van der Waals surface area contributed by atoms with Crippen LogP contribution in [-0.4, -0.2) is 24.0 Å². The second-order valence-corrected chi connectivity index (χ2v) is 7.78. The third-order valence-corrected chi connectivity index (χ3v) is 5.57. The molecular formula is C17H21N3O3S. The average Bonchev–Trinajstić information content (AvgIpc) is 2.86. The topological polar surface area (TPSA) is 81.1 Å². The molecule has 0 bridgehead atoms. The van der Waals surface area contributed by atoms with E-state index in [1.807, 2.05) is 6.92 Å². The summed E-state index contributed by atoms with van der Waals surface area (Å²) >= 11 is 0. The number of nitrogens with one attached hydrogen (secondary N) is 1. The van der Waals surface area contributed by atoms with Gasteiger partial charge in [0.25, 0.3) is 10.0 Å². The maximum atomic E-state index is 12.7. The van der Waals surface area contributed by atoms with Crippen LogP contribution in [0.1, 0.15) is 47.8 Å². The number of aryl methyl sites for hydroxylation is 3. The van der Waals surface area contributed by atoms with Crippen molar-refractivity contribution in [2.45, 2.75) is 43.9 Å². The van der Waals surface area contributed by atoms with E-state index < -0.39 is 10.0 Å². The van der Waals surface area contributed by atoms with Crippen molar-refractivity contribution in [3.63, 3.8) is 0 Å². The smallest absolute Gasteiger partial charge is 0.263 e. The fourth-order valence-corrected chi connectivity index (χ4v) is 4.12. The van der Waals surface area contributed by atoms with Crippen LogP contribution in [0.4, 0.5) is 5.82 Å². The van der Waals surface area contributed by atoms with Gasteiger partial charge >= 0.3 is 0 Å². The third-order valence-electron chi connectivity index (χ3n) is 4.21. The van der Waals surface area contributed by atoms with Crippen LogP contribution in [0, 0.1) is 0 Å². The highest BCUT2D eigenvalue weighted by molar-refractivity contribution is 7.92. The minimum absolute atomic E-state index is 0.0870. The number of benzene rings is 1. The maximum Gasteiger partial charge on any atom is 0.263 e. The first-order valence-corrected chi connectivity index (χ1v) is 9.61. The zero-order chi connectivity index (χ0) is 17.3. The number of carbonyl (C=O) groups is 1. The summed E-state index contributed by atoms with van der Waals surface area (Å²) in [5.74, 6) is 0.524. The molecule has 0 unspecified atom stereocenters. The van der Waals surface area contributed by atoms with Crippen molar-refractivity contribution in [1.29, 1.82) is 0 Å². The standard InChI is InChI=1S/C17H21N3O3S/c1-3-5-13-11-17(20(2)18-13)19-24(22,23)14-8-9-15-12(10-14)6-4-7-16(15)21/h8-11,19H,3-7H2,1-2H3. The van der Waals surface area contributed by atoms with Crippen molar-refractivity contribution >= 4 is 21.6 Å². The molecule has 1 aliphatic rings. The Morgan fingerprint density at radius 1 is 1.25 bits per heavy atom. The van der Waals surface area contributed by atoms with Gasteiger partial charge in [0.15, 0.2) is 5.78 Å². The van der Waals surface area contributed by atoms with Gasteiger partial charge in [-0.05, 0) is 43.0 Å². The number of hydrogen-bond donors (Lipinski definition) is 1. The Kier molecular flexibility index (Phi) is 4.45. The van der Waals surface area contributed by atoms with E-state index in [9.17, 15) is 13.2 Å². The lowest BCUT2D eigenvalue weighted by Gasteiger charge is -2.16. The van der Waals surface area contributed by atoms with Gasteiger partial charge < -0.3 is 0 Å². The van der Waals surface area contributed by atoms with Crippen LogP contribution < -0.4 is 4.72 Å². The second kappa shape index (κ2) is 6.39. The van der Waals surface area contributed by atoms with Gasteiger partial charge in [0.05, 0.1) is 10.6 Å². The summed E-state index contributed by atoms with van der Waals surface area (Å²) in [5.41, 5.74) is 2.31. The lowest BCUT2D eigenvalue weighted by atomic mass is 9.91. The molecule has 0 spiro atoms. The van der Waals surface area contributed by atoms with Crippen LogP contribution in [0.3, 0.4) is 0 Å². The van der Waals surface area contributed by atoms with Crippen LogP contribution in [0.25, 0.3) is 0 Å². The van der Waals surface area contributed by atoms with Crippen molar-refractivity contribution in [2.75, 3.05) is 4.72 Å². The van der Waals surface area contributed by atoms with Crippen LogP contribution in [0.5, 0.6) is 0 Å². The Hall–Kier alpha value is -2.15. The molecule has 3 rings (SSSR count). The Bertz CT molecular complexity index is 884. The normalized spacial score (nSPS) is 14.5. The van der Waals surface area contributed by atoms with E-state index in [1.54, 1.807) is 25.2 Å². The monoisotopic (exact) mass is 347 g/mol. The molecule has 0 aliphatic heterocycles. The molecule has 0 saturated carbocycles. The quantitative estimate of drug-likeness (QED) is 0.902. The van der Waals surface area contributed by atoms with E-state index >= 15 is 0 Å². The van der Waals surface area contributed by atoms with Crippen molar-refractivity contribution < 1.29 is 13.2 Å². The first-order valence-electron chi connectivity index (χ1n) is 8.12. The first kappa shape index (κ1) is 16.7. The SMILES string of the molecule is CCCc1cc(NS(=O)(=O)c2ccc3c(c2)CCCC3=O)n(C)n1. The number of nitrogens with zero attached hydrogens (tertiary/aromatic N) is 2. The zero-order valence-corrected chi connectivity index (χ0v) is 14.7. The fraction of sp³-hybridized carbons (Fsp3) is 0.412. The molecule has 1 aliphatic carbocycles. The van der Waals surface area contributed by atoms with Crippen molar-refractivity contribution in [3.05, 3.63) is 41.1 Å². The Morgan fingerprint density at radius 2 is 2.04 bits per heavy atom. The van der Waals surface area contributed by atoms with E-state index in [1.165, 1.54) is 10.7 Å². The summed E-state index contributed by atoms with van der Waals surface area (Å²) in [6.45, 7) is 2.05. The van der Waals surface area contributed by atoms with Crippen LogP contribution in [0.15, 0.2) is 29.2 Å². The predicted octanol–water partition coefficient (Wildman–Crippen LogP) is 2.69. The fourth-order valence-electron chi connectivity index (χ4n) is 2.99. The molecule has 1 N–H and O–H groups in total. The van der Waals surface area contributed by atoms with Gasteiger partial charge in [0.1, 0.15) is 5.82 Å². The van der Waals surface area contributed by atoms with E-state index in [4.69, 9.17) is 0 Å². The molecule has 0 fully saturated rings. The van der Waals surface area contributed by atoms with Gasteiger partial charge in [-0.15, -0.1) is 0 Å². The molecule has 128 valence electrons. The number of ketones is 1. The summed E-state index contributed by atoms with van der Waals surface area (Å²) in [4.78, 5) is 12.0. The Balaban J connectivity index is 1.89. The molecule has 0 atom stereocenters. The maximum absolute atomic E-state index is 12.7. The molecule has 1 aromatic carbocycles. The number of anilines is 1. The summed E-state index contributed by atoms with van der Waals surface area (Å²) in [6.07, 6.45) is 3.78. The number of aromatic nitrogens is 2. The lowest BCUT2D eigenvalue weighted by Crippen LogP contribution is -2.17. The summed E-state index contributed by atoms with van der Waals surface area (Å²) < 4.78 is 29.4. The molecule has 0 radical (unpaired) electrons. The molecule has 6 nitrogen and oxygen atoms in total. The predicted molar refractivity (Wildman–Crippen MR) is 91.7 cm³/mol. The van der Waals surface area contributed by atoms with Gasteiger partial charge in [0.2, 0.25) is 0 Å². The highest BCUT2D eigenvalue weighted by Gasteiger charge is 2.22. The van der Waals surface area contributed by atoms with Crippen LogP contribution in [-0.2, 0) is 29.9 Å². The van der Waals surface area contributed by atoms with Gasteiger partial charge in [-0.2, -0.15) is 5.10 Å². The van der Waals surface area contributed by atoms with Gasteiger partial charge in [-0.1, -0.05) is 13.3 Å². The van der Waals surface area contributed by atoms with Crippen LogP contribution in [0.2, 0.25) is 0 Å². The minimum Gasteiger partial charge on any atom is -0.294 e. The minimum atomic E-state index is -3.71. The average molecular weight is 347 g/mol. The summed E-state index contributed by atoms with van der Waals surface area (Å²) in [7, 11) is -2.00. The van der Waals surface area contributed by atoms with E-state index in [2.05, 4.69) is 9.82 Å². The number of sulfonamides is 1. The molecule has 7 heteroatoms. The highest BCUT2D eigenvalue weighted by Crippen LogP contribution is 2.25. The van der Waals surface area contributed by atoms with Gasteiger partial charge in [0, 0.05) is 25.1 Å². The molecule has 0 amide bonds. The largest absolute Gasteiger partial charge is 0.294 e. The van der Waals surface area contributed by atoms with E-state index in [0.29, 0.717) is 17.8 Å². The molecule has 0 saturated heterocycles. The van der Waals surface area contributed by atoms with Crippen molar-refractivity contribution in [3.8, 4) is 0 Å². The molecular weight excluding hydrogens is 326 g/mol. The Labute approximate surface area is 141 Å². The molecule has 1 aromatic heterocycles. The van der Waals surface area contributed by atoms with Crippen molar-refractivity contribution in [1.82, 2.24) is 9.78 Å². The van der Waals surface area contributed by atoms with Crippen LogP contribution >= 0.6 is 0 Å². The van der Waals surface area contributed by atoms with E-state index in [0.717, 1.165) is 36.9 Å². The van der Waals surface area contributed by atoms with Gasteiger partial charge in [-0.3, -0.25) is 14.2 Å². The number of carbonyl (C=O) groups excluding carboxylic acids is 1. The van der Waals surface area contributed by atoms with E-state index in [-0.39, 0.29) is 10.7 Å².